The van der Waals surface area contributed by atoms with E-state index in [-0.39, 0.29) is 6.04 Å². The van der Waals surface area contributed by atoms with Gasteiger partial charge in [0, 0.05) is 19.1 Å². The van der Waals surface area contributed by atoms with Gasteiger partial charge in [0.25, 0.3) is 0 Å². The molecule has 2 aliphatic heterocycles. The van der Waals surface area contributed by atoms with E-state index in [1.807, 2.05) is 0 Å². The maximum absolute atomic E-state index is 12.6. The van der Waals surface area contributed by atoms with Crippen LogP contribution in [0, 0.1) is 0 Å². The number of rotatable bonds is 2. The van der Waals surface area contributed by atoms with E-state index in [1.165, 1.54) is 12.8 Å². The molecule has 2 rings (SSSR count). The molecule has 0 aliphatic carbocycles. The SMILES string of the molecule is CCC1CN(C)CCCN1C(=O)[C@H]1CCCCN1. The van der Waals surface area contributed by atoms with Crippen LogP contribution in [0.3, 0.4) is 0 Å². The van der Waals surface area contributed by atoms with Crippen molar-refractivity contribution < 1.29 is 4.79 Å². The van der Waals surface area contributed by atoms with Crippen molar-refractivity contribution in [2.75, 3.05) is 33.2 Å². The Labute approximate surface area is 111 Å². The van der Waals surface area contributed by atoms with E-state index in [1.54, 1.807) is 0 Å². The Morgan fingerprint density at radius 3 is 2.78 bits per heavy atom. The van der Waals surface area contributed by atoms with Gasteiger partial charge in [0.2, 0.25) is 5.91 Å². The van der Waals surface area contributed by atoms with E-state index in [0.29, 0.717) is 11.9 Å². The number of hydrogen-bond donors (Lipinski definition) is 1. The second-order valence-corrected chi connectivity index (χ2v) is 5.71. The van der Waals surface area contributed by atoms with Gasteiger partial charge in [0.05, 0.1) is 6.04 Å². The van der Waals surface area contributed by atoms with Gasteiger partial charge in [0.1, 0.15) is 0 Å². The fourth-order valence-electron chi connectivity index (χ4n) is 3.15. The smallest absolute Gasteiger partial charge is 0.239 e. The fraction of sp³-hybridized carbons (Fsp3) is 0.929. The van der Waals surface area contributed by atoms with Crippen molar-refractivity contribution in [1.82, 2.24) is 15.1 Å². The summed E-state index contributed by atoms with van der Waals surface area (Å²) < 4.78 is 0. The van der Waals surface area contributed by atoms with Crippen molar-refractivity contribution in [3.8, 4) is 0 Å². The van der Waals surface area contributed by atoms with Crippen LogP contribution in [-0.4, -0.2) is 61.0 Å². The quantitative estimate of drug-likeness (QED) is 0.799. The lowest BCUT2D eigenvalue weighted by Crippen LogP contribution is -2.53. The number of carbonyl (C=O) groups excluding carboxylic acids is 1. The second kappa shape index (κ2) is 6.53. The molecule has 0 aromatic carbocycles. The van der Waals surface area contributed by atoms with Crippen molar-refractivity contribution in [1.29, 1.82) is 0 Å². The highest BCUT2D eigenvalue weighted by Gasteiger charge is 2.31. The van der Waals surface area contributed by atoms with Gasteiger partial charge < -0.3 is 15.1 Å². The highest BCUT2D eigenvalue weighted by molar-refractivity contribution is 5.82. The Morgan fingerprint density at radius 1 is 1.28 bits per heavy atom. The Bertz CT molecular complexity index is 276. The van der Waals surface area contributed by atoms with Gasteiger partial charge in [-0.1, -0.05) is 13.3 Å². The molecule has 0 aromatic rings. The van der Waals surface area contributed by atoms with Crippen LogP contribution < -0.4 is 5.32 Å². The molecule has 0 spiro atoms. The van der Waals surface area contributed by atoms with Gasteiger partial charge in [0.15, 0.2) is 0 Å². The van der Waals surface area contributed by atoms with Crippen molar-refractivity contribution in [3.05, 3.63) is 0 Å². The highest BCUT2D eigenvalue weighted by Crippen LogP contribution is 2.16. The monoisotopic (exact) mass is 253 g/mol. The molecule has 18 heavy (non-hydrogen) atoms. The maximum Gasteiger partial charge on any atom is 0.239 e. The molecule has 2 saturated heterocycles. The van der Waals surface area contributed by atoms with Gasteiger partial charge in [-0.05, 0) is 45.8 Å². The molecule has 0 aromatic heterocycles. The molecule has 104 valence electrons. The predicted octanol–water partition coefficient (Wildman–Crippen LogP) is 1.07. The van der Waals surface area contributed by atoms with Crippen LogP contribution in [-0.2, 0) is 4.79 Å². The van der Waals surface area contributed by atoms with Gasteiger partial charge in [-0.25, -0.2) is 0 Å². The molecule has 0 saturated carbocycles. The number of piperidine rings is 1. The third-order valence-electron chi connectivity index (χ3n) is 4.26. The van der Waals surface area contributed by atoms with Crippen LogP contribution in [0.2, 0.25) is 0 Å². The zero-order valence-corrected chi connectivity index (χ0v) is 11.8. The molecule has 2 aliphatic rings. The molecule has 1 unspecified atom stereocenters. The highest BCUT2D eigenvalue weighted by atomic mass is 16.2. The molecule has 2 fully saturated rings. The van der Waals surface area contributed by atoms with Crippen LogP contribution in [0.15, 0.2) is 0 Å². The first kappa shape index (κ1) is 13.8. The minimum atomic E-state index is 0.0798. The Balaban J connectivity index is 2.01. The van der Waals surface area contributed by atoms with Crippen molar-refractivity contribution in [3.63, 3.8) is 0 Å². The summed E-state index contributed by atoms with van der Waals surface area (Å²) in [4.78, 5) is 17.1. The molecule has 2 heterocycles. The molecule has 2 atom stereocenters. The summed E-state index contributed by atoms with van der Waals surface area (Å²) in [6, 6.07) is 0.477. The zero-order chi connectivity index (χ0) is 13.0. The van der Waals surface area contributed by atoms with Crippen LogP contribution in [0.25, 0.3) is 0 Å². The predicted molar refractivity (Wildman–Crippen MR) is 73.5 cm³/mol. The first-order valence-corrected chi connectivity index (χ1v) is 7.44. The molecular formula is C14H27N3O. The van der Waals surface area contributed by atoms with Gasteiger partial charge in [-0.2, -0.15) is 0 Å². The summed E-state index contributed by atoms with van der Waals surface area (Å²) in [6.07, 6.45) is 5.58. The van der Waals surface area contributed by atoms with E-state index < -0.39 is 0 Å². The van der Waals surface area contributed by atoms with E-state index in [4.69, 9.17) is 0 Å². The number of nitrogens with one attached hydrogen (secondary N) is 1. The average molecular weight is 253 g/mol. The van der Waals surface area contributed by atoms with Crippen LogP contribution in [0.4, 0.5) is 0 Å². The average Bonchev–Trinajstić information content (AvgIpc) is 2.60. The van der Waals surface area contributed by atoms with E-state index in [2.05, 4.69) is 29.1 Å². The molecule has 4 nitrogen and oxygen atoms in total. The normalized spacial score (nSPS) is 31.1. The lowest BCUT2D eigenvalue weighted by atomic mass is 10.0. The summed E-state index contributed by atoms with van der Waals surface area (Å²) in [5.74, 6) is 0.344. The molecule has 4 heteroatoms. The Morgan fingerprint density at radius 2 is 2.11 bits per heavy atom. The number of carbonyl (C=O) groups is 1. The van der Waals surface area contributed by atoms with Crippen LogP contribution in [0.5, 0.6) is 0 Å². The lowest BCUT2D eigenvalue weighted by molar-refractivity contribution is -0.136. The summed E-state index contributed by atoms with van der Waals surface area (Å²) in [6.45, 7) is 6.26. The number of likely N-dealkylation sites (N-methyl/N-ethyl adjacent to an activating group) is 1. The Kier molecular flexibility index (Phi) is 5.01. The van der Waals surface area contributed by atoms with Crippen LogP contribution in [0.1, 0.15) is 39.0 Å². The third-order valence-corrected chi connectivity index (χ3v) is 4.26. The largest absolute Gasteiger partial charge is 0.337 e. The molecular weight excluding hydrogens is 226 g/mol. The Hall–Kier alpha value is -0.610. The van der Waals surface area contributed by atoms with Crippen molar-refractivity contribution >= 4 is 5.91 Å². The summed E-state index contributed by atoms with van der Waals surface area (Å²) >= 11 is 0. The third kappa shape index (κ3) is 3.23. The molecule has 0 bridgehead atoms. The van der Waals surface area contributed by atoms with E-state index in [9.17, 15) is 4.79 Å². The van der Waals surface area contributed by atoms with Crippen LogP contribution >= 0.6 is 0 Å². The van der Waals surface area contributed by atoms with Crippen molar-refractivity contribution in [2.24, 2.45) is 0 Å². The number of hydrogen-bond acceptors (Lipinski definition) is 3. The molecule has 1 amide bonds. The van der Waals surface area contributed by atoms with Gasteiger partial charge >= 0.3 is 0 Å². The lowest BCUT2D eigenvalue weighted by Gasteiger charge is -2.34. The molecule has 0 radical (unpaired) electrons. The zero-order valence-electron chi connectivity index (χ0n) is 11.8. The maximum atomic E-state index is 12.6. The number of amides is 1. The standard InChI is InChI=1S/C14H27N3O/c1-3-12-11-16(2)9-6-10-17(12)14(18)13-7-4-5-8-15-13/h12-13,15H,3-11H2,1-2H3/t12?,13-/m1/s1. The van der Waals surface area contributed by atoms with E-state index >= 15 is 0 Å². The van der Waals surface area contributed by atoms with Crippen molar-refractivity contribution in [2.45, 2.75) is 51.1 Å². The summed E-state index contributed by atoms with van der Waals surface area (Å²) in [5.41, 5.74) is 0. The first-order chi connectivity index (χ1) is 8.72. The second-order valence-electron chi connectivity index (χ2n) is 5.71. The van der Waals surface area contributed by atoms with Gasteiger partial charge in [-0.3, -0.25) is 4.79 Å². The topological polar surface area (TPSA) is 35.6 Å². The van der Waals surface area contributed by atoms with Gasteiger partial charge in [-0.15, -0.1) is 0 Å². The first-order valence-electron chi connectivity index (χ1n) is 7.44. The minimum Gasteiger partial charge on any atom is -0.337 e. The fourth-order valence-corrected chi connectivity index (χ4v) is 3.15. The summed E-state index contributed by atoms with van der Waals surface area (Å²) in [5, 5.41) is 3.39. The van der Waals surface area contributed by atoms with E-state index in [0.717, 1.165) is 45.4 Å². The molecule has 1 N–H and O–H groups in total. The minimum absolute atomic E-state index is 0.0798. The number of nitrogens with zero attached hydrogens (tertiary/aromatic N) is 2. The summed E-state index contributed by atoms with van der Waals surface area (Å²) in [7, 11) is 2.16.